The molecule has 1 aromatic heterocycles. The van der Waals surface area contributed by atoms with E-state index in [0.29, 0.717) is 18.3 Å². The van der Waals surface area contributed by atoms with Crippen LogP contribution in [0.1, 0.15) is 18.7 Å². The zero-order valence-electron chi connectivity index (χ0n) is 19.1. The molecule has 4 aromatic rings. The van der Waals surface area contributed by atoms with E-state index in [1.807, 2.05) is 66.7 Å². The molecule has 0 saturated carbocycles. The molecule has 0 atom stereocenters. The number of carbonyl (C=O) groups excluding carboxylic acids is 1. The minimum atomic E-state index is -0.0120. The zero-order chi connectivity index (χ0) is 24.0. The Morgan fingerprint density at radius 2 is 1.71 bits per heavy atom. The minimum absolute atomic E-state index is 0.0120. The largest absolute Gasteiger partial charge is 0.338 e. The summed E-state index contributed by atoms with van der Waals surface area (Å²) in [7, 11) is 0. The van der Waals surface area contributed by atoms with Crippen LogP contribution in [0.25, 0.3) is 11.4 Å². The molecule has 1 aliphatic rings. The molecule has 0 radical (unpaired) electrons. The van der Waals surface area contributed by atoms with Gasteiger partial charge in [0.15, 0.2) is 0 Å². The van der Waals surface area contributed by atoms with Gasteiger partial charge in [0, 0.05) is 25.7 Å². The van der Waals surface area contributed by atoms with Gasteiger partial charge in [0.2, 0.25) is 17.6 Å². The number of halogens is 1. The van der Waals surface area contributed by atoms with Gasteiger partial charge in [0.05, 0.1) is 12.2 Å². The Morgan fingerprint density at radius 1 is 1.00 bits per heavy atom. The van der Waals surface area contributed by atoms with Crippen molar-refractivity contribution < 1.29 is 9.32 Å². The van der Waals surface area contributed by atoms with Crippen LogP contribution in [0.5, 0.6) is 0 Å². The SMILES string of the molecule is O=C(Nc1ccccc1Sc1ccccc1)C1CCN(Cc2nc(-c3ccc(Br)cc3)no2)CC1. The molecule has 1 saturated heterocycles. The van der Waals surface area contributed by atoms with Gasteiger partial charge in [-0.25, -0.2) is 0 Å². The van der Waals surface area contributed by atoms with Crippen LogP contribution in [0.2, 0.25) is 0 Å². The smallest absolute Gasteiger partial charge is 0.241 e. The summed E-state index contributed by atoms with van der Waals surface area (Å²) in [4.78, 5) is 22.0. The molecule has 35 heavy (non-hydrogen) atoms. The molecule has 8 heteroatoms. The summed E-state index contributed by atoms with van der Waals surface area (Å²) in [5, 5.41) is 7.28. The minimum Gasteiger partial charge on any atom is -0.338 e. The Hall–Kier alpha value is -2.94. The Balaban J connectivity index is 1.14. The van der Waals surface area contributed by atoms with Crippen molar-refractivity contribution in [3.63, 3.8) is 0 Å². The van der Waals surface area contributed by atoms with Crippen molar-refractivity contribution in [1.29, 1.82) is 0 Å². The lowest BCUT2D eigenvalue weighted by Crippen LogP contribution is -2.37. The van der Waals surface area contributed by atoms with E-state index < -0.39 is 0 Å². The molecule has 0 spiro atoms. The molecular formula is C27H25BrN4O2S. The van der Waals surface area contributed by atoms with Crippen LogP contribution in [0, 0.1) is 5.92 Å². The summed E-state index contributed by atoms with van der Waals surface area (Å²) in [6, 6.07) is 26.0. The summed E-state index contributed by atoms with van der Waals surface area (Å²) in [6.07, 6.45) is 1.60. The van der Waals surface area contributed by atoms with Crippen molar-refractivity contribution in [2.45, 2.75) is 29.2 Å². The molecule has 2 heterocycles. The van der Waals surface area contributed by atoms with Crippen molar-refractivity contribution in [2.75, 3.05) is 18.4 Å². The third-order valence-electron chi connectivity index (χ3n) is 6.00. The number of hydrogen-bond acceptors (Lipinski definition) is 6. The van der Waals surface area contributed by atoms with E-state index in [9.17, 15) is 4.79 Å². The lowest BCUT2D eigenvalue weighted by Gasteiger charge is -2.30. The first-order valence-electron chi connectivity index (χ1n) is 11.6. The maximum atomic E-state index is 13.0. The normalized spacial score (nSPS) is 14.7. The van der Waals surface area contributed by atoms with E-state index in [1.54, 1.807) is 11.8 Å². The molecule has 3 aromatic carbocycles. The number of piperidine rings is 1. The highest BCUT2D eigenvalue weighted by atomic mass is 79.9. The Kier molecular flexibility index (Phi) is 7.61. The molecule has 0 unspecified atom stereocenters. The molecule has 0 bridgehead atoms. The molecule has 5 rings (SSSR count). The summed E-state index contributed by atoms with van der Waals surface area (Å²) in [6.45, 7) is 2.22. The number of benzene rings is 3. The Morgan fingerprint density at radius 3 is 2.49 bits per heavy atom. The van der Waals surface area contributed by atoms with Crippen molar-refractivity contribution in [1.82, 2.24) is 15.0 Å². The zero-order valence-corrected chi connectivity index (χ0v) is 21.5. The molecule has 1 N–H and O–H groups in total. The molecule has 1 amide bonds. The Bertz CT molecular complexity index is 1270. The standard InChI is InChI=1S/C27H25BrN4O2S/c28-21-12-10-19(11-13-21)26-30-25(34-31-26)18-32-16-14-20(15-17-32)27(33)29-23-8-4-5-9-24(23)35-22-6-2-1-3-7-22/h1-13,20H,14-18H2,(H,29,33). The van der Waals surface area contributed by atoms with Crippen molar-refractivity contribution in [3.8, 4) is 11.4 Å². The topological polar surface area (TPSA) is 71.3 Å². The molecule has 178 valence electrons. The van der Waals surface area contributed by atoms with Crippen LogP contribution < -0.4 is 5.32 Å². The average Bonchev–Trinajstić information content (AvgIpc) is 3.35. The lowest BCUT2D eigenvalue weighted by molar-refractivity contribution is -0.121. The van der Waals surface area contributed by atoms with Crippen LogP contribution >= 0.6 is 27.7 Å². The monoisotopic (exact) mass is 548 g/mol. The van der Waals surface area contributed by atoms with Gasteiger partial charge in [-0.3, -0.25) is 9.69 Å². The highest BCUT2D eigenvalue weighted by Crippen LogP contribution is 2.34. The van der Waals surface area contributed by atoms with Crippen LogP contribution in [0.3, 0.4) is 0 Å². The van der Waals surface area contributed by atoms with Crippen LogP contribution in [-0.2, 0) is 11.3 Å². The van der Waals surface area contributed by atoms with E-state index in [-0.39, 0.29) is 11.8 Å². The lowest BCUT2D eigenvalue weighted by atomic mass is 9.96. The number of carbonyl (C=O) groups is 1. The number of aromatic nitrogens is 2. The molecule has 6 nitrogen and oxygen atoms in total. The number of anilines is 1. The maximum absolute atomic E-state index is 13.0. The second-order valence-electron chi connectivity index (χ2n) is 8.47. The van der Waals surface area contributed by atoms with E-state index in [4.69, 9.17) is 4.52 Å². The van der Waals surface area contributed by atoms with Crippen LogP contribution in [0.4, 0.5) is 5.69 Å². The van der Waals surface area contributed by atoms with Gasteiger partial charge in [-0.2, -0.15) is 4.98 Å². The fourth-order valence-electron chi connectivity index (χ4n) is 4.09. The van der Waals surface area contributed by atoms with E-state index in [1.165, 1.54) is 0 Å². The van der Waals surface area contributed by atoms with Gasteiger partial charge < -0.3 is 9.84 Å². The Labute approximate surface area is 217 Å². The summed E-state index contributed by atoms with van der Waals surface area (Å²) in [5.74, 6) is 1.26. The number of nitrogens with one attached hydrogen (secondary N) is 1. The first-order chi connectivity index (χ1) is 17.1. The van der Waals surface area contributed by atoms with Crippen molar-refractivity contribution in [3.05, 3.63) is 89.2 Å². The first-order valence-corrected chi connectivity index (χ1v) is 13.2. The highest BCUT2D eigenvalue weighted by Gasteiger charge is 2.26. The second-order valence-corrected chi connectivity index (χ2v) is 10.5. The highest BCUT2D eigenvalue weighted by molar-refractivity contribution is 9.10. The number of para-hydroxylation sites is 1. The van der Waals surface area contributed by atoms with Gasteiger partial charge in [-0.05, 0) is 74.5 Å². The number of rotatable bonds is 7. The fourth-order valence-corrected chi connectivity index (χ4v) is 5.28. The molecular weight excluding hydrogens is 524 g/mol. The maximum Gasteiger partial charge on any atom is 0.241 e. The summed E-state index contributed by atoms with van der Waals surface area (Å²) in [5.41, 5.74) is 1.78. The average molecular weight is 549 g/mol. The predicted octanol–water partition coefficient (Wildman–Crippen LogP) is 6.50. The van der Waals surface area contributed by atoms with Gasteiger partial charge in [0.1, 0.15) is 0 Å². The third kappa shape index (κ3) is 6.20. The number of hydrogen-bond donors (Lipinski definition) is 1. The predicted molar refractivity (Wildman–Crippen MR) is 141 cm³/mol. The van der Waals surface area contributed by atoms with E-state index in [2.05, 4.69) is 48.4 Å². The quantitative estimate of drug-likeness (QED) is 0.284. The van der Waals surface area contributed by atoms with E-state index in [0.717, 1.165) is 51.4 Å². The molecule has 1 fully saturated rings. The van der Waals surface area contributed by atoms with Gasteiger partial charge >= 0.3 is 0 Å². The number of amides is 1. The van der Waals surface area contributed by atoms with Gasteiger partial charge in [-0.15, -0.1) is 0 Å². The van der Waals surface area contributed by atoms with Gasteiger partial charge in [-0.1, -0.05) is 63.2 Å². The molecule has 1 aliphatic heterocycles. The molecule has 0 aliphatic carbocycles. The van der Waals surface area contributed by atoms with Crippen molar-refractivity contribution >= 4 is 39.3 Å². The second kappa shape index (κ2) is 11.2. The summed E-state index contributed by atoms with van der Waals surface area (Å²) >= 11 is 5.10. The van der Waals surface area contributed by atoms with Crippen molar-refractivity contribution in [2.24, 2.45) is 5.92 Å². The number of nitrogens with zero attached hydrogens (tertiary/aromatic N) is 3. The van der Waals surface area contributed by atoms with Crippen LogP contribution in [0.15, 0.2) is 97.6 Å². The number of likely N-dealkylation sites (tertiary alicyclic amines) is 1. The summed E-state index contributed by atoms with van der Waals surface area (Å²) < 4.78 is 6.48. The van der Waals surface area contributed by atoms with Gasteiger partial charge in [0.25, 0.3) is 0 Å². The first kappa shape index (κ1) is 23.8. The van der Waals surface area contributed by atoms with Crippen LogP contribution in [-0.4, -0.2) is 34.0 Å². The third-order valence-corrected chi connectivity index (χ3v) is 7.62. The van der Waals surface area contributed by atoms with E-state index >= 15 is 0 Å². The fraction of sp³-hybridized carbons (Fsp3) is 0.222.